The summed E-state index contributed by atoms with van der Waals surface area (Å²) >= 11 is 1.18. The van der Waals surface area contributed by atoms with Crippen molar-refractivity contribution in [3.05, 3.63) is 41.0 Å². The molecule has 0 unspecified atom stereocenters. The molecular weight excluding hydrogens is 419 g/mol. The second-order valence-corrected chi connectivity index (χ2v) is 7.12. The van der Waals surface area contributed by atoms with Crippen LogP contribution in [0.15, 0.2) is 30.6 Å². The smallest absolute Gasteiger partial charge is 0.395 e. The Morgan fingerprint density at radius 1 is 1.27 bits per heavy atom. The number of halogens is 3. The van der Waals surface area contributed by atoms with E-state index in [-0.39, 0.29) is 24.9 Å². The summed E-state index contributed by atoms with van der Waals surface area (Å²) in [7, 11) is 1.73. The van der Waals surface area contributed by atoms with Gasteiger partial charge in [-0.1, -0.05) is 13.8 Å². The normalized spacial score (nSPS) is 11.6. The van der Waals surface area contributed by atoms with Crippen molar-refractivity contribution in [3.8, 4) is 5.82 Å². The van der Waals surface area contributed by atoms with Gasteiger partial charge < -0.3 is 10.4 Å². The molecule has 11 heteroatoms. The van der Waals surface area contributed by atoms with Crippen LogP contribution in [-0.4, -0.2) is 43.5 Å². The minimum atomic E-state index is -4.47. The quantitative estimate of drug-likeness (QED) is 0.507. The van der Waals surface area contributed by atoms with Crippen LogP contribution in [0.2, 0.25) is 0 Å². The Morgan fingerprint density at radius 3 is 2.60 bits per heavy atom. The van der Waals surface area contributed by atoms with Crippen molar-refractivity contribution in [1.29, 1.82) is 0 Å². The lowest BCUT2D eigenvalue weighted by Crippen LogP contribution is -2.25. The van der Waals surface area contributed by atoms with Gasteiger partial charge in [0, 0.05) is 36.8 Å². The van der Waals surface area contributed by atoms with Gasteiger partial charge in [0.1, 0.15) is 10.6 Å². The van der Waals surface area contributed by atoms with Crippen LogP contribution >= 0.6 is 11.3 Å². The molecule has 4 heterocycles. The molecule has 0 aliphatic carbocycles. The molecule has 4 aromatic rings. The van der Waals surface area contributed by atoms with Crippen molar-refractivity contribution in [2.24, 2.45) is 7.05 Å². The number of carbonyl (C=O) groups is 1. The maximum atomic E-state index is 12.8. The summed E-state index contributed by atoms with van der Waals surface area (Å²) < 4.78 is 41.8. The van der Waals surface area contributed by atoms with E-state index in [1.807, 2.05) is 13.8 Å². The second-order valence-electron chi connectivity index (χ2n) is 6.09. The third-order valence-electron chi connectivity index (χ3n) is 4.15. The first-order valence-corrected chi connectivity index (χ1v) is 10.0. The van der Waals surface area contributed by atoms with Crippen molar-refractivity contribution in [2.45, 2.75) is 20.0 Å². The molecule has 0 saturated carbocycles. The highest BCUT2D eigenvalue weighted by Crippen LogP contribution is 2.37. The highest BCUT2D eigenvalue weighted by molar-refractivity contribution is 7.20. The molecule has 0 radical (unpaired) electrons. The standard InChI is InChI=1S/C17H14F3N5O2S.C2H6/c1-24-8-11-10-6-12(15(27)21-4-5-26)28-16(10)25(14(11)23-24)13-3-2-9(7-22-13)17(18,19)20;1-2/h2-3,6-8,26H,4-5H2,1H3,(H,21,27);1-2H3. The van der Waals surface area contributed by atoms with E-state index in [0.717, 1.165) is 23.0 Å². The molecule has 0 aromatic carbocycles. The number of thiophene rings is 1. The lowest BCUT2D eigenvalue weighted by Gasteiger charge is -2.08. The molecule has 0 aliphatic heterocycles. The number of amides is 1. The Hall–Kier alpha value is -2.92. The van der Waals surface area contributed by atoms with Gasteiger partial charge in [-0.2, -0.15) is 18.3 Å². The molecule has 0 bridgehead atoms. The molecule has 4 aromatic heterocycles. The first kappa shape index (κ1) is 21.8. The van der Waals surface area contributed by atoms with E-state index in [0.29, 0.717) is 15.4 Å². The predicted octanol–water partition coefficient (Wildman–Crippen LogP) is 3.74. The monoisotopic (exact) mass is 439 g/mol. The largest absolute Gasteiger partial charge is 0.417 e. The zero-order valence-electron chi connectivity index (χ0n) is 16.5. The van der Waals surface area contributed by atoms with Gasteiger partial charge in [0.2, 0.25) is 0 Å². The average Bonchev–Trinajstić information content (AvgIpc) is 3.37. The minimum Gasteiger partial charge on any atom is -0.395 e. The molecule has 1 amide bonds. The van der Waals surface area contributed by atoms with Crippen LogP contribution in [-0.2, 0) is 13.2 Å². The number of nitrogens with one attached hydrogen (secondary N) is 1. The van der Waals surface area contributed by atoms with Gasteiger partial charge in [-0.3, -0.25) is 14.0 Å². The maximum Gasteiger partial charge on any atom is 0.417 e. The average molecular weight is 439 g/mol. The topological polar surface area (TPSA) is 85.0 Å². The van der Waals surface area contributed by atoms with Gasteiger partial charge >= 0.3 is 6.18 Å². The van der Waals surface area contributed by atoms with Crippen LogP contribution in [0.5, 0.6) is 0 Å². The number of alkyl halides is 3. The van der Waals surface area contributed by atoms with Gasteiger partial charge in [-0.05, 0) is 18.2 Å². The number of rotatable bonds is 4. The summed E-state index contributed by atoms with van der Waals surface area (Å²) in [6.45, 7) is 3.95. The van der Waals surface area contributed by atoms with E-state index in [4.69, 9.17) is 5.11 Å². The fraction of sp³-hybridized carbons (Fsp3) is 0.316. The number of aliphatic hydroxyl groups excluding tert-OH is 1. The Balaban J connectivity index is 0.00000124. The fourth-order valence-electron chi connectivity index (χ4n) is 2.94. The van der Waals surface area contributed by atoms with Crippen LogP contribution in [0, 0.1) is 0 Å². The number of carbonyl (C=O) groups excluding carboxylic acids is 1. The van der Waals surface area contributed by atoms with Crippen molar-refractivity contribution < 1.29 is 23.1 Å². The fourth-order valence-corrected chi connectivity index (χ4v) is 4.04. The van der Waals surface area contributed by atoms with Crippen molar-refractivity contribution >= 4 is 38.5 Å². The van der Waals surface area contributed by atoms with Gasteiger partial charge in [-0.25, -0.2) is 4.98 Å². The Labute approximate surface area is 173 Å². The van der Waals surface area contributed by atoms with E-state index in [2.05, 4.69) is 15.4 Å². The molecule has 0 saturated heterocycles. The molecule has 2 N–H and O–H groups in total. The van der Waals surface area contributed by atoms with Crippen LogP contribution < -0.4 is 5.32 Å². The molecule has 0 spiro atoms. The summed E-state index contributed by atoms with van der Waals surface area (Å²) in [6.07, 6.45) is -1.92. The van der Waals surface area contributed by atoms with Crippen LogP contribution in [0.25, 0.3) is 27.1 Å². The second kappa shape index (κ2) is 8.44. The SMILES string of the molecule is CC.Cn1cc2c3cc(C(=O)NCCO)sc3n(-c3ccc(C(F)(F)F)cn3)c2n1. The van der Waals surface area contributed by atoms with Gasteiger partial charge in [0.15, 0.2) is 5.65 Å². The van der Waals surface area contributed by atoms with Crippen LogP contribution in [0.4, 0.5) is 13.2 Å². The lowest BCUT2D eigenvalue weighted by atomic mass is 10.3. The highest BCUT2D eigenvalue weighted by Gasteiger charge is 2.31. The number of pyridine rings is 1. The number of aliphatic hydroxyl groups is 1. The van der Waals surface area contributed by atoms with Crippen LogP contribution in [0.3, 0.4) is 0 Å². The summed E-state index contributed by atoms with van der Waals surface area (Å²) in [5.74, 6) is -0.0601. The van der Waals surface area contributed by atoms with Crippen molar-refractivity contribution in [2.75, 3.05) is 13.2 Å². The summed E-state index contributed by atoms with van der Waals surface area (Å²) in [5.41, 5.74) is -0.300. The Bertz CT molecular complexity index is 1180. The van der Waals surface area contributed by atoms with E-state index < -0.39 is 11.7 Å². The number of fused-ring (bicyclic) bond motifs is 3. The minimum absolute atomic E-state index is 0.129. The number of hydrogen-bond donors (Lipinski definition) is 2. The molecule has 0 atom stereocenters. The molecular formula is C19H20F3N5O2S. The highest BCUT2D eigenvalue weighted by atomic mass is 32.1. The van der Waals surface area contributed by atoms with Gasteiger partial charge in [0.05, 0.1) is 17.0 Å². The summed E-state index contributed by atoms with van der Waals surface area (Å²) in [6, 6.07) is 3.95. The van der Waals surface area contributed by atoms with Crippen molar-refractivity contribution in [3.63, 3.8) is 0 Å². The first-order chi connectivity index (χ1) is 14.3. The molecule has 30 heavy (non-hydrogen) atoms. The van der Waals surface area contributed by atoms with Crippen LogP contribution in [0.1, 0.15) is 29.1 Å². The van der Waals surface area contributed by atoms with E-state index >= 15 is 0 Å². The Morgan fingerprint density at radius 2 is 2.00 bits per heavy atom. The Kier molecular flexibility index (Phi) is 6.13. The molecule has 0 aliphatic rings. The van der Waals surface area contributed by atoms with Gasteiger partial charge in [0.25, 0.3) is 5.91 Å². The molecule has 4 rings (SSSR count). The zero-order chi connectivity index (χ0) is 22.1. The number of hydrogen-bond acceptors (Lipinski definition) is 5. The van der Waals surface area contributed by atoms with E-state index in [9.17, 15) is 18.0 Å². The zero-order valence-corrected chi connectivity index (χ0v) is 17.3. The summed E-state index contributed by atoms with van der Waals surface area (Å²) in [4.78, 5) is 17.3. The number of nitrogens with zero attached hydrogens (tertiary/aromatic N) is 4. The predicted molar refractivity (Wildman–Crippen MR) is 109 cm³/mol. The van der Waals surface area contributed by atoms with E-state index in [1.54, 1.807) is 28.6 Å². The lowest BCUT2D eigenvalue weighted by molar-refractivity contribution is -0.137. The van der Waals surface area contributed by atoms with E-state index in [1.165, 1.54) is 17.4 Å². The first-order valence-electron chi connectivity index (χ1n) is 9.20. The maximum absolute atomic E-state index is 12.8. The number of aryl methyl sites for hydroxylation is 1. The molecule has 0 fully saturated rings. The third-order valence-corrected chi connectivity index (χ3v) is 5.27. The number of aromatic nitrogens is 4. The van der Waals surface area contributed by atoms with Crippen molar-refractivity contribution in [1.82, 2.24) is 24.6 Å². The molecule has 7 nitrogen and oxygen atoms in total. The van der Waals surface area contributed by atoms with Gasteiger partial charge in [-0.15, -0.1) is 11.3 Å². The third kappa shape index (κ3) is 3.90. The summed E-state index contributed by atoms with van der Waals surface area (Å²) in [5, 5.41) is 17.3. The molecule has 160 valence electrons.